The molecule has 154 valence electrons. The molecule has 0 saturated carbocycles. The minimum atomic E-state index is -0.0921. The number of amides is 2. The van der Waals surface area contributed by atoms with Crippen LogP contribution in [0, 0.1) is 6.92 Å². The number of benzene rings is 1. The summed E-state index contributed by atoms with van der Waals surface area (Å²) < 4.78 is 5.62. The van der Waals surface area contributed by atoms with Crippen molar-refractivity contribution in [3.63, 3.8) is 0 Å². The molecule has 2 heterocycles. The van der Waals surface area contributed by atoms with Gasteiger partial charge in [-0.15, -0.1) is 11.3 Å². The highest BCUT2D eigenvalue weighted by Crippen LogP contribution is 2.38. The summed E-state index contributed by atoms with van der Waals surface area (Å²) in [5.41, 5.74) is 3.93. The third-order valence-corrected chi connectivity index (χ3v) is 6.86. The first kappa shape index (κ1) is 20.1. The number of anilines is 1. The SMILES string of the molecule is Cc1ccc(CC(=O)Nc2sc3c(c2C(=O)NC[C@@H]2CCCO2)CCCC3)cc1. The smallest absolute Gasteiger partial charge is 0.254 e. The van der Waals surface area contributed by atoms with Crippen LogP contribution < -0.4 is 10.6 Å². The normalized spacial score (nSPS) is 18.3. The van der Waals surface area contributed by atoms with E-state index in [4.69, 9.17) is 4.74 Å². The van der Waals surface area contributed by atoms with Gasteiger partial charge in [0.05, 0.1) is 18.1 Å². The Bertz CT molecular complexity index is 882. The molecule has 1 fully saturated rings. The van der Waals surface area contributed by atoms with E-state index < -0.39 is 0 Å². The lowest BCUT2D eigenvalue weighted by Crippen LogP contribution is -2.32. The van der Waals surface area contributed by atoms with E-state index in [1.807, 2.05) is 31.2 Å². The Kier molecular flexibility index (Phi) is 6.31. The van der Waals surface area contributed by atoms with Gasteiger partial charge in [0, 0.05) is 18.0 Å². The van der Waals surface area contributed by atoms with E-state index in [1.54, 1.807) is 11.3 Å². The van der Waals surface area contributed by atoms with Crippen LogP contribution in [-0.2, 0) is 28.8 Å². The second-order valence-corrected chi connectivity index (χ2v) is 9.08. The van der Waals surface area contributed by atoms with Gasteiger partial charge in [-0.2, -0.15) is 0 Å². The Morgan fingerprint density at radius 1 is 1.14 bits per heavy atom. The second-order valence-electron chi connectivity index (χ2n) is 7.97. The Morgan fingerprint density at radius 2 is 1.93 bits per heavy atom. The highest BCUT2D eigenvalue weighted by Gasteiger charge is 2.27. The molecule has 1 atom stereocenters. The molecule has 0 radical (unpaired) electrons. The maximum absolute atomic E-state index is 13.0. The van der Waals surface area contributed by atoms with Crippen LogP contribution >= 0.6 is 11.3 Å². The third kappa shape index (κ3) is 4.87. The van der Waals surface area contributed by atoms with E-state index in [2.05, 4.69) is 10.6 Å². The number of carbonyl (C=O) groups excluding carboxylic acids is 2. The first-order valence-corrected chi connectivity index (χ1v) is 11.3. The quantitative estimate of drug-likeness (QED) is 0.753. The molecule has 1 aromatic heterocycles. The summed E-state index contributed by atoms with van der Waals surface area (Å²) >= 11 is 1.57. The molecule has 0 bridgehead atoms. The molecule has 1 aromatic carbocycles. The summed E-state index contributed by atoms with van der Waals surface area (Å²) in [7, 11) is 0. The average Bonchev–Trinajstić information content (AvgIpc) is 3.35. The van der Waals surface area contributed by atoms with Gasteiger partial charge in [0.25, 0.3) is 5.91 Å². The van der Waals surface area contributed by atoms with Crippen LogP contribution in [0.4, 0.5) is 5.00 Å². The highest BCUT2D eigenvalue weighted by molar-refractivity contribution is 7.17. The van der Waals surface area contributed by atoms with Gasteiger partial charge in [0.2, 0.25) is 5.91 Å². The molecule has 2 amide bonds. The second kappa shape index (κ2) is 9.09. The lowest BCUT2D eigenvalue weighted by atomic mass is 9.95. The molecular weight excluding hydrogens is 384 g/mol. The minimum absolute atomic E-state index is 0.0828. The van der Waals surface area contributed by atoms with E-state index in [1.165, 1.54) is 10.4 Å². The molecule has 0 spiro atoms. The molecule has 6 heteroatoms. The molecule has 5 nitrogen and oxygen atoms in total. The lowest BCUT2D eigenvalue weighted by molar-refractivity contribution is -0.115. The van der Waals surface area contributed by atoms with Crippen molar-refractivity contribution in [3.8, 4) is 0 Å². The summed E-state index contributed by atoms with van der Waals surface area (Å²) in [6.45, 7) is 3.33. The molecule has 0 unspecified atom stereocenters. The van der Waals surface area contributed by atoms with Crippen LogP contribution in [0.3, 0.4) is 0 Å². The number of hydrogen-bond acceptors (Lipinski definition) is 4. The van der Waals surface area contributed by atoms with Crippen LogP contribution in [0.15, 0.2) is 24.3 Å². The van der Waals surface area contributed by atoms with Gasteiger partial charge < -0.3 is 15.4 Å². The van der Waals surface area contributed by atoms with Crippen LogP contribution in [-0.4, -0.2) is 31.1 Å². The molecule has 29 heavy (non-hydrogen) atoms. The van der Waals surface area contributed by atoms with Gasteiger partial charge in [0.1, 0.15) is 5.00 Å². The number of aryl methyl sites for hydroxylation is 2. The summed E-state index contributed by atoms with van der Waals surface area (Å²) in [5.74, 6) is -0.175. The van der Waals surface area contributed by atoms with Gasteiger partial charge in [0.15, 0.2) is 0 Å². The van der Waals surface area contributed by atoms with E-state index in [0.29, 0.717) is 23.5 Å². The van der Waals surface area contributed by atoms with E-state index in [9.17, 15) is 9.59 Å². The summed E-state index contributed by atoms with van der Waals surface area (Å²) in [5, 5.41) is 6.76. The zero-order chi connectivity index (χ0) is 20.2. The van der Waals surface area contributed by atoms with Crippen molar-refractivity contribution in [2.75, 3.05) is 18.5 Å². The topological polar surface area (TPSA) is 67.4 Å². The van der Waals surface area contributed by atoms with E-state index in [-0.39, 0.29) is 17.9 Å². The summed E-state index contributed by atoms with van der Waals surface area (Å²) in [4.78, 5) is 26.9. The Balaban J connectivity index is 1.49. The molecule has 1 aliphatic carbocycles. The van der Waals surface area contributed by atoms with Gasteiger partial charge in [-0.05, 0) is 56.6 Å². The molecule has 1 saturated heterocycles. The molecule has 4 rings (SSSR count). The zero-order valence-electron chi connectivity index (χ0n) is 16.9. The Morgan fingerprint density at radius 3 is 2.69 bits per heavy atom. The number of hydrogen-bond donors (Lipinski definition) is 2. The van der Waals surface area contributed by atoms with Crippen molar-refractivity contribution in [2.24, 2.45) is 0 Å². The molecule has 2 N–H and O–H groups in total. The number of ether oxygens (including phenoxy) is 1. The maximum Gasteiger partial charge on any atom is 0.254 e. The maximum atomic E-state index is 13.0. The molecular formula is C23H28N2O3S. The number of thiophene rings is 1. The van der Waals surface area contributed by atoms with Crippen molar-refractivity contribution in [3.05, 3.63) is 51.4 Å². The fourth-order valence-corrected chi connectivity index (χ4v) is 5.36. The number of rotatable bonds is 6. The van der Waals surface area contributed by atoms with Gasteiger partial charge in [-0.3, -0.25) is 9.59 Å². The molecule has 2 aliphatic rings. The number of nitrogens with one attached hydrogen (secondary N) is 2. The van der Waals surface area contributed by atoms with Crippen molar-refractivity contribution in [1.29, 1.82) is 0 Å². The van der Waals surface area contributed by atoms with Crippen molar-refractivity contribution in [1.82, 2.24) is 5.32 Å². The molecule has 1 aliphatic heterocycles. The van der Waals surface area contributed by atoms with Gasteiger partial charge >= 0.3 is 0 Å². The van der Waals surface area contributed by atoms with Crippen molar-refractivity contribution < 1.29 is 14.3 Å². The van der Waals surface area contributed by atoms with Crippen LogP contribution in [0.5, 0.6) is 0 Å². The first-order valence-electron chi connectivity index (χ1n) is 10.5. The Labute approximate surface area is 175 Å². The first-order chi connectivity index (χ1) is 14.1. The van der Waals surface area contributed by atoms with Crippen LogP contribution in [0.25, 0.3) is 0 Å². The van der Waals surface area contributed by atoms with Crippen molar-refractivity contribution in [2.45, 2.75) is 58.0 Å². The van der Waals surface area contributed by atoms with Gasteiger partial charge in [-0.25, -0.2) is 0 Å². The predicted molar refractivity (Wildman–Crippen MR) is 116 cm³/mol. The minimum Gasteiger partial charge on any atom is -0.376 e. The predicted octanol–water partition coefficient (Wildman–Crippen LogP) is 4.03. The van der Waals surface area contributed by atoms with Crippen LogP contribution in [0.1, 0.15) is 57.6 Å². The summed E-state index contributed by atoms with van der Waals surface area (Å²) in [6.07, 6.45) is 6.57. The number of carbonyl (C=O) groups is 2. The zero-order valence-corrected chi connectivity index (χ0v) is 17.7. The molecule has 2 aromatic rings. The van der Waals surface area contributed by atoms with Crippen molar-refractivity contribution >= 4 is 28.2 Å². The lowest BCUT2D eigenvalue weighted by Gasteiger charge is -2.15. The Hall–Kier alpha value is -2.18. The van der Waals surface area contributed by atoms with Gasteiger partial charge in [-0.1, -0.05) is 29.8 Å². The summed E-state index contributed by atoms with van der Waals surface area (Å²) in [6, 6.07) is 7.97. The fourth-order valence-electron chi connectivity index (χ4n) is 4.06. The fraction of sp³-hybridized carbons (Fsp3) is 0.478. The largest absolute Gasteiger partial charge is 0.376 e. The third-order valence-electron chi connectivity index (χ3n) is 5.65. The standard InChI is InChI=1S/C23H28N2O3S/c1-15-8-10-16(11-9-15)13-20(26)25-23-21(18-6-2-3-7-19(18)29-23)22(27)24-14-17-5-4-12-28-17/h8-11,17H,2-7,12-14H2,1H3,(H,24,27)(H,25,26)/t17-/m0/s1. The monoisotopic (exact) mass is 412 g/mol. The number of fused-ring (bicyclic) bond motifs is 1. The van der Waals surface area contributed by atoms with Crippen LogP contribution in [0.2, 0.25) is 0 Å². The van der Waals surface area contributed by atoms with E-state index in [0.717, 1.165) is 56.3 Å². The highest BCUT2D eigenvalue weighted by atomic mass is 32.1. The average molecular weight is 413 g/mol. The van der Waals surface area contributed by atoms with E-state index >= 15 is 0 Å².